The summed E-state index contributed by atoms with van der Waals surface area (Å²) in [7, 11) is 0. The third-order valence-electron chi connectivity index (χ3n) is 2.50. The van der Waals surface area contributed by atoms with Crippen LogP contribution in [0.15, 0.2) is 40.8 Å². The molecule has 1 heterocycles. The molecule has 0 atom stereocenters. The Morgan fingerprint density at radius 3 is 2.58 bits per heavy atom. The van der Waals surface area contributed by atoms with Crippen LogP contribution >= 0.6 is 11.3 Å². The van der Waals surface area contributed by atoms with Gasteiger partial charge in [-0.15, -0.1) is 11.3 Å². The standard InChI is InChI=1S/C13H11F3N2S/c1-9-6-7-19-12(9)8-17-18-11-5-3-2-4-10(11)13(14,15)16/h2-8,18H,1H3/b17-8-. The van der Waals surface area contributed by atoms with Crippen LogP contribution in [0.1, 0.15) is 16.0 Å². The smallest absolute Gasteiger partial charge is 0.278 e. The number of benzene rings is 1. The number of thiophene rings is 1. The SMILES string of the molecule is Cc1ccsc1/C=N\Nc1ccccc1C(F)(F)F. The van der Waals surface area contributed by atoms with Crippen molar-refractivity contribution in [2.75, 3.05) is 5.43 Å². The number of hydrazone groups is 1. The summed E-state index contributed by atoms with van der Waals surface area (Å²) in [6, 6.07) is 7.18. The maximum absolute atomic E-state index is 12.7. The fraction of sp³-hybridized carbons (Fsp3) is 0.154. The van der Waals surface area contributed by atoms with Crippen molar-refractivity contribution in [3.8, 4) is 0 Å². The average Bonchev–Trinajstić information content (AvgIpc) is 2.75. The minimum atomic E-state index is -4.39. The molecule has 2 aromatic rings. The van der Waals surface area contributed by atoms with Crippen LogP contribution in [0, 0.1) is 6.92 Å². The van der Waals surface area contributed by atoms with Gasteiger partial charge in [-0.2, -0.15) is 18.3 Å². The number of aryl methyl sites for hydroxylation is 1. The van der Waals surface area contributed by atoms with Crippen LogP contribution in [0.25, 0.3) is 0 Å². The zero-order chi connectivity index (χ0) is 13.9. The first-order valence-corrected chi connectivity index (χ1v) is 6.36. The van der Waals surface area contributed by atoms with Gasteiger partial charge in [-0.3, -0.25) is 5.43 Å². The summed E-state index contributed by atoms with van der Waals surface area (Å²) in [5.41, 5.74) is 2.70. The minimum Gasteiger partial charge on any atom is -0.278 e. The second kappa shape index (κ2) is 5.44. The lowest BCUT2D eigenvalue weighted by molar-refractivity contribution is -0.136. The van der Waals surface area contributed by atoms with Crippen molar-refractivity contribution in [1.29, 1.82) is 0 Å². The molecular weight excluding hydrogens is 273 g/mol. The number of nitrogens with one attached hydrogen (secondary N) is 1. The Hall–Kier alpha value is -1.82. The summed E-state index contributed by atoms with van der Waals surface area (Å²) < 4.78 is 38.2. The predicted molar refractivity (Wildman–Crippen MR) is 71.7 cm³/mol. The fourth-order valence-electron chi connectivity index (χ4n) is 1.50. The van der Waals surface area contributed by atoms with E-state index in [2.05, 4.69) is 10.5 Å². The van der Waals surface area contributed by atoms with E-state index >= 15 is 0 Å². The van der Waals surface area contributed by atoms with Crippen molar-refractivity contribution in [2.24, 2.45) is 5.10 Å². The molecule has 6 heteroatoms. The molecule has 0 bridgehead atoms. The highest BCUT2D eigenvalue weighted by Crippen LogP contribution is 2.34. The van der Waals surface area contributed by atoms with Crippen LogP contribution < -0.4 is 5.43 Å². The molecule has 0 fully saturated rings. The highest BCUT2D eigenvalue weighted by molar-refractivity contribution is 7.11. The first-order valence-electron chi connectivity index (χ1n) is 5.48. The number of halogens is 3. The van der Waals surface area contributed by atoms with E-state index in [-0.39, 0.29) is 5.69 Å². The quantitative estimate of drug-likeness (QED) is 0.650. The number of para-hydroxylation sites is 1. The van der Waals surface area contributed by atoms with Gasteiger partial charge in [0.2, 0.25) is 0 Å². The molecule has 0 aliphatic rings. The first kappa shape index (κ1) is 13.6. The zero-order valence-corrected chi connectivity index (χ0v) is 10.8. The van der Waals surface area contributed by atoms with Crippen LogP contribution in [-0.2, 0) is 6.18 Å². The average molecular weight is 284 g/mol. The summed E-state index contributed by atoms with van der Waals surface area (Å²) in [4.78, 5) is 0.914. The maximum atomic E-state index is 12.7. The molecule has 1 N–H and O–H groups in total. The Morgan fingerprint density at radius 2 is 1.95 bits per heavy atom. The van der Waals surface area contributed by atoms with Crippen molar-refractivity contribution < 1.29 is 13.2 Å². The number of rotatable bonds is 3. The minimum absolute atomic E-state index is 0.0551. The van der Waals surface area contributed by atoms with Crippen molar-refractivity contribution in [3.63, 3.8) is 0 Å². The topological polar surface area (TPSA) is 24.4 Å². The third kappa shape index (κ3) is 3.35. The Balaban J connectivity index is 2.17. The molecule has 1 aromatic heterocycles. The van der Waals surface area contributed by atoms with Gasteiger partial charge in [-0.05, 0) is 36.1 Å². The van der Waals surface area contributed by atoms with E-state index in [0.717, 1.165) is 16.5 Å². The van der Waals surface area contributed by atoms with Crippen LogP contribution in [0.5, 0.6) is 0 Å². The molecule has 0 radical (unpaired) electrons. The van der Waals surface area contributed by atoms with E-state index in [9.17, 15) is 13.2 Å². The predicted octanol–water partition coefficient (Wildman–Crippen LogP) is 4.52. The molecule has 0 saturated carbocycles. The van der Waals surface area contributed by atoms with Gasteiger partial charge in [0.25, 0.3) is 0 Å². The largest absolute Gasteiger partial charge is 0.418 e. The molecule has 0 aliphatic heterocycles. The van der Waals surface area contributed by atoms with Crippen molar-refractivity contribution >= 4 is 23.2 Å². The second-order valence-corrected chi connectivity index (χ2v) is 4.83. The molecular formula is C13H11F3N2S. The Morgan fingerprint density at radius 1 is 1.21 bits per heavy atom. The van der Waals surface area contributed by atoms with Crippen LogP contribution in [0.3, 0.4) is 0 Å². The Kier molecular flexibility index (Phi) is 3.90. The van der Waals surface area contributed by atoms with E-state index in [0.29, 0.717) is 0 Å². The number of hydrogen-bond donors (Lipinski definition) is 1. The second-order valence-electron chi connectivity index (χ2n) is 3.88. The molecule has 2 rings (SSSR count). The summed E-state index contributed by atoms with van der Waals surface area (Å²) in [5.74, 6) is 0. The number of nitrogens with zero attached hydrogens (tertiary/aromatic N) is 1. The van der Waals surface area contributed by atoms with E-state index in [1.54, 1.807) is 0 Å². The Bertz CT molecular complexity index is 588. The van der Waals surface area contributed by atoms with Gasteiger partial charge in [0.1, 0.15) is 0 Å². The van der Waals surface area contributed by atoms with Gasteiger partial charge in [-0.1, -0.05) is 12.1 Å². The Labute approximate surface area is 112 Å². The van der Waals surface area contributed by atoms with Crippen LogP contribution in [0.4, 0.5) is 18.9 Å². The molecule has 100 valence electrons. The van der Waals surface area contributed by atoms with Crippen molar-refractivity contribution in [3.05, 3.63) is 51.7 Å². The van der Waals surface area contributed by atoms with E-state index in [4.69, 9.17) is 0 Å². The molecule has 0 aliphatic carbocycles. The molecule has 0 amide bonds. The summed E-state index contributed by atoms with van der Waals surface area (Å²) >= 11 is 1.48. The lowest BCUT2D eigenvalue weighted by Gasteiger charge is -2.11. The van der Waals surface area contributed by atoms with Crippen molar-refractivity contribution in [2.45, 2.75) is 13.1 Å². The maximum Gasteiger partial charge on any atom is 0.418 e. The molecule has 2 nitrogen and oxygen atoms in total. The van der Waals surface area contributed by atoms with E-state index in [1.165, 1.54) is 35.8 Å². The van der Waals surface area contributed by atoms with Gasteiger partial charge in [0.15, 0.2) is 0 Å². The normalized spacial score (nSPS) is 12.0. The lowest BCUT2D eigenvalue weighted by atomic mass is 10.2. The third-order valence-corrected chi connectivity index (χ3v) is 3.45. The zero-order valence-electron chi connectivity index (χ0n) is 10.0. The molecule has 0 saturated heterocycles. The fourth-order valence-corrected chi connectivity index (χ4v) is 2.29. The molecule has 0 unspecified atom stereocenters. The van der Waals surface area contributed by atoms with Gasteiger partial charge < -0.3 is 0 Å². The summed E-state index contributed by atoms with van der Waals surface area (Å²) in [6.07, 6.45) is -2.87. The van der Waals surface area contributed by atoms with Gasteiger partial charge in [0, 0.05) is 4.88 Å². The number of hydrogen-bond acceptors (Lipinski definition) is 3. The number of alkyl halides is 3. The van der Waals surface area contributed by atoms with Crippen molar-refractivity contribution in [1.82, 2.24) is 0 Å². The summed E-state index contributed by atoms with van der Waals surface area (Å²) in [6.45, 7) is 1.92. The highest BCUT2D eigenvalue weighted by atomic mass is 32.1. The van der Waals surface area contributed by atoms with Crippen LogP contribution in [0.2, 0.25) is 0 Å². The molecule has 19 heavy (non-hydrogen) atoms. The van der Waals surface area contributed by atoms with Crippen LogP contribution in [-0.4, -0.2) is 6.21 Å². The van der Waals surface area contributed by atoms with Gasteiger partial charge in [-0.25, -0.2) is 0 Å². The monoisotopic (exact) mass is 284 g/mol. The van der Waals surface area contributed by atoms with E-state index in [1.807, 2.05) is 18.4 Å². The number of anilines is 1. The first-order chi connectivity index (χ1) is 8.98. The van der Waals surface area contributed by atoms with Gasteiger partial charge in [0.05, 0.1) is 17.5 Å². The molecule has 1 aromatic carbocycles. The summed E-state index contributed by atoms with van der Waals surface area (Å²) in [5, 5.41) is 5.76. The molecule has 0 spiro atoms. The van der Waals surface area contributed by atoms with Gasteiger partial charge >= 0.3 is 6.18 Å². The highest BCUT2D eigenvalue weighted by Gasteiger charge is 2.33. The van der Waals surface area contributed by atoms with E-state index < -0.39 is 11.7 Å². The lowest BCUT2D eigenvalue weighted by Crippen LogP contribution is -2.08.